The van der Waals surface area contributed by atoms with E-state index in [1.165, 1.54) is 0 Å². The van der Waals surface area contributed by atoms with E-state index >= 15 is 0 Å². The zero-order valence-corrected chi connectivity index (χ0v) is 10.9. The Kier molecular flexibility index (Phi) is 6.73. The summed E-state index contributed by atoms with van der Waals surface area (Å²) in [4.78, 5) is 11.3. The lowest BCUT2D eigenvalue weighted by atomic mass is 10.2. The van der Waals surface area contributed by atoms with Crippen molar-refractivity contribution in [3.05, 3.63) is 0 Å². The Bertz CT molecular complexity index is 190. The maximum absolute atomic E-state index is 11.3. The van der Waals surface area contributed by atoms with E-state index in [-0.39, 0.29) is 5.50 Å². The Morgan fingerprint density at radius 1 is 1.40 bits per heavy atom. The predicted molar refractivity (Wildman–Crippen MR) is 63.2 cm³/mol. The molecule has 0 rings (SSSR count). The molecule has 4 heteroatoms. The zero-order chi connectivity index (χ0) is 11.9. The molecule has 0 bridgehead atoms. The average Bonchev–Trinajstić information content (AvgIpc) is 2.00. The van der Waals surface area contributed by atoms with Gasteiger partial charge >= 0.3 is 6.09 Å². The quantitative estimate of drug-likeness (QED) is 0.449. The Balaban J connectivity index is 3.67. The molecule has 0 fully saturated rings. The molecule has 0 aromatic carbocycles. The molecule has 1 N–H and O–H groups in total. The highest BCUT2D eigenvalue weighted by atomic mass is 35.5. The molecule has 3 nitrogen and oxygen atoms in total. The third-order valence-electron chi connectivity index (χ3n) is 1.73. The molecule has 0 aromatic heterocycles. The van der Waals surface area contributed by atoms with Crippen LogP contribution in [0.5, 0.6) is 0 Å². The summed E-state index contributed by atoms with van der Waals surface area (Å²) in [5.74, 6) is 0. The van der Waals surface area contributed by atoms with Crippen molar-refractivity contribution in [3.8, 4) is 0 Å². The molecule has 0 aromatic rings. The molecule has 15 heavy (non-hydrogen) atoms. The van der Waals surface area contributed by atoms with Gasteiger partial charge in [-0.1, -0.05) is 37.8 Å². The maximum Gasteiger partial charge on any atom is 0.408 e. The second kappa shape index (κ2) is 6.94. The number of carbonyl (C=O) groups excluding carboxylic acids is 1. The fraction of sp³-hybridized carbons (Fsp3) is 0.909. The fourth-order valence-corrected chi connectivity index (χ4v) is 1.32. The van der Waals surface area contributed by atoms with E-state index < -0.39 is 11.7 Å². The summed E-state index contributed by atoms with van der Waals surface area (Å²) >= 11 is 5.93. The summed E-state index contributed by atoms with van der Waals surface area (Å²) in [6, 6.07) is 0. The van der Waals surface area contributed by atoms with Gasteiger partial charge in [0, 0.05) is 0 Å². The zero-order valence-electron chi connectivity index (χ0n) is 10.1. The lowest BCUT2D eigenvalue weighted by Gasteiger charge is -2.21. The number of amides is 1. The summed E-state index contributed by atoms with van der Waals surface area (Å²) in [6.07, 6.45) is 3.66. The van der Waals surface area contributed by atoms with Crippen LogP contribution in [0.4, 0.5) is 4.79 Å². The van der Waals surface area contributed by atoms with Gasteiger partial charge in [0.05, 0.1) is 0 Å². The predicted octanol–water partition coefficient (Wildman–Crippen LogP) is 3.66. The third-order valence-corrected chi connectivity index (χ3v) is 2.06. The minimum absolute atomic E-state index is 0.327. The van der Waals surface area contributed by atoms with Crippen molar-refractivity contribution in [2.75, 3.05) is 0 Å². The minimum Gasteiger partial charge on any atom is -0.444 e. The first-order valence-electron chi connectivity index (χ1n) is 5.48. The number of halogens is 1. The highest BCUT2D eigenvalue weighted by Crippen LogP contribution is 2.10. The van der Waals surface area contributed by atoms with Crippen molar-refractivity contribution in [2.45, 2.75) is 64.5 Å². The summed E-state index contributed by atoms with van der Waals surface area (Å²) in [5, 5.41) is 2.60. The Labute approximate surface area is 97.5 Å². The Morgan fingerprint density at radius 2 is 2.00 bits per heavy atom. The largest absolute Gasteiger partial charge is 0.444 e. The van der Waals surface area contributed by atoms with E-state index in [9.17, 15) is 4.79 Å². The number of unbranched alkanes of at least 4 members (excludes halogenated alkanes) is 2. The monoisotopic (exact) mass is 235 g/mol. The second-order valence-corrected chi connectivity index (χ2v) is 5.14. The van der Waals surface area contributed by atoms with Crippen LogP contribution < -0.4 is 5.32 Å². The van der Waals surface area contributed by atoms with Gasteiger partial charge in [-0.2, -0.15) is 0 Å². The molecule has 0 aliphatic carbocycles. The lowest BCUT2D eigenvalue weighted by Crippen LogP contribution is -2.36. The fourth-order valence-electron chi connectivity index (χ4n) is 1.08. The molecule has 0 aliphatic rings. The van der Waals surface area contributed by atoms with Crippen LogP contribution in [0.25, 0.3) is 0 Å². The highest BCUT2D eigenvalue weighted by Gasteiger charge is 2.17. The van der Waals surface area contributed by atoms with Crippen molar-refractivity contribution in [1.82, 2.24) is 5.32 Å². The van der Waals surface area contributed by atoms with Crippen molar-refractivity contribution < 1.29 is 9.53 Å². The van der Waals surface area contributed by atoms with Crippen LogP contribution in [0.1, 0.15) is 53.4 Å². The molecular weight excluding hydrogens is 214 g/mol. The van der Waals surface area contributed by atoms with Gasteiger partial charge in [0.15, 0.2) is 0 Å². The van der Waals surface area contributed by atoms with Crippen LogP contribution in [-0.4, -0.2) is 17.2 Å². The van der Waals surface area contributed by atoms with Gasteiger partial charge in [-0.3, -0.25) is 0 Å². The number of rotatable bonds is 5. The molecule has 1 unspecified atom stereocenters. The van der Waals surface area contributed by atoms with Crippen LogP contribution in [0.3, 0.4) is 0 Å². The molecule has 90 valence electrons. The third kappa shape index (κ3) is 9.85. The molecule has 0 radical (unpaired) electrons. The van der Waals surface area contributed by atoms with Crippen molar-refractivity contribution in [1.29, 1.82) is 0 Å². The van der Waals surface area contributed by atoms with Gasteiger partial charge in [-0.05, 0) is 27.2 Å². The summed E-state index contributed by atoms with van der Waals surface area (Å²) in [5.41, 5.74) is -0.796. The van der Waals surface area contributed by atoms with Crippen LogP contribution in [-0.2, 0) is 4.74 Å². The SMILES string of the molecule is CCCCCC(Cl)NC(=O)OC(C)(C)C. The van der Waals surface area contributed by atoms with Gasteiger partial charge in [-0.15, -0.1) is 0 Å². The van der Waals surface area contributed by atoms with E-state index in [0.717, 1.165) is 25.7 Å². The highest BCUT2D eigenvalue weighted by molar-refractivity contribution is 6.21. The number of hydrogen-bond acceptors (Lipinski definition) is 2. The normalized spacial score (nSPS) is 13.4. The number of nitrogens with one attached hydrogen (secondary N) is 1. The smallest absolute Gasteiger partial charge is 0.408 e. The van der Waals surface area contributed by atoms with Crippen molar-refractivity contribution in [2.24, 2.45) is 0 Å². The molecule has 0 aliphatic heterocycles. The Hall–Kier alpha value is -0.440. The van der Waals surface area contributed by atoms with E-state index in [4.69, 9.17) is 16.3 Å². The maximum atomic E-state index is 11.3. The van der Waals surface area contributed by atoms with Crippen LogP contribution in [0, 0.1) is 0 Å². The van der Waals surface area contributed by atoms with E-state index in [0.29, 0.717) is 0 Å². The topological polar surface area (TPSA) is 38.3 Å². The summed E-state index contributed by atoms with van der Waals surface area (Å²) < 4.78 is 5.08. The second-order valence-electron chi connectivity index (χ2n) is 4.61. The molecule has 1 atom stereocenters. The number of alkyl halides is 1. The van der Waals surface area contributed by atoms with E-state index in [1.54, 1.807) is 0 Å². The number of hydrogen-bond donors (Lipinski definition) is 1. The van der Waals surface area contributed by atoms with Gasteiger partial charge in [-0.25, -0.2) is 4.79 Å². The van der Waals surface area contributed by atoms with Crippen molar-refractivity contribution in [3.63, 3.8) is 0 Å². The average molecular weight is 236 g/mol. The van der Waals surface area contributed by atoms with Crippen LogP contribution >= 0.6 is 11.6 Å². The Morgan fingerprint density at radius 3 is 2.47 bits per heavy atom. The van der Waals surface area contributed by atoms with Gasteiger partial charge in [0.1, 0.15) is 11.1 Å². The lowest BCUT2D eigenvalue weighted by molar-refractivity contribution is 0.0519. The summed E-state index contributed by atoms with van der Waals surface area (Å²) in [6.45, 7) is 7.61. The number of alkyl carbamates (subject to hydrolysis) is 1. The number of carbonyl (C=O) groups is 1. The molecule has 0 heterocycles. The number of ether oxygens (including phenoxy) is 1. The first kappa shape index (κ1) is 14.6. The molecule has 0 saturated heterocycles. The standard InChI is InChI=1S/C11H22ClNO2/c1-5-6-7-8-9(12)13-10(14)15-11(2,3)4/h9H,5-8H2,1-4H3,(H,13,14). The molecule has 0 saturated carbocycles. The van der Waals surface area contributed by atoms with Gasteiger partial charge < -0.3 is 10.1 Å². The molecule has 0 spiro atoms. The van der Waals surface area contributed by atoms with E-state index in [1.807, 2.05) is 20.8 Å². The summed E-state index contributed by atoms with van der Waals surface area (Å²) in [7, 11) is 0. The van der Waals surface area contributed by atoms with Crippen LogP contribution in [0.2, 0.25) is 0 Å². The van der Waals surface area contributed by atoms with Gasteiger partial charge in [0.25, 0.3) is 0 Å². The first-order chi connectivity index (χ1) is 6.85. The van der Waals surface area contributed by atoms with Crippen LogP contribution in [0.15, 0.2) is 0 Å². The van der Waals surface area contributed by atoms with Gasteiger partial charge in [0.2, 0.25) is 0 Å². The van der Waals surface area contributed by atoms with Crippen molar-refractivity contribution >= 4 is 17.7 Å². The first-order valence-corrected chi connectivity index (χ1v) is 5.92. The van der Waals surface area contributed by atoms with E-state index in [2.05, 4.69) is 12.2 Å². The molecular formula is C11H22ClNO2. The minimum atomic E-state index is -0.468. The molecule has 1 amide bonds.